The molecule has 3 nitrogen and oxygen atoms in total. The average molecular weight is 292 g/mol. The molecule has 0 amide bonds. The number of rotatable bonds is 1. The van der Waals surface area contributed by atoms with Crippen molar-refractivity contribution >= 4 is 28.8 Å². The molecule has 0 aromatic heterocycles. The minimum absolute atomic E-state index is 0. The number of halogens is 1. The smallest absolute Gasteiger partial charge is 0.423 e. The number of hydrogen-bond acceptors (Lipinski definition) is 3. The van der Waals surface area contributed by atoms with Crippen molar-refractivity contribution in [2.24, 2.45) is 0 Å². The van der Waals surface area contributed by atoms with Crippen LogP contribution in [0.4, 0.5) is 11.4 Å². The molecule has 5 heteroatoms. The first kappa shape index (κ1) is 14.0. The van der Waals surface area contributed by atoms with E-state index in [0.717, 1.165) is 11.4 Å². The third-order valence-corrected chi connectivity index (χ3v) is 4.24. The van der Waals surface area contributed by atoms with Gasteiger partial charge in [-0.3, -0.25) is 0 Å². The summed E-state index contributed by atoms with van der Waals surface area (Å²) in [4.78, 5) is 4.48. The topological polar surface area (TPSA) is 37.6 Å². The Kier molecular flexibility index (Phi) is 3.92. The average Bonchev–Trinajstić information content (AvgIpc) is 2.35. The summed E-state index contributed by atoms with van der Waals surface area (Å²) in [5.74, 6) is 0. The molecule has 0 unspecified atom stereocenters. The number of nitrogens with one attached hydrogen (secondary N) is 1. The summed E-state index contributed by atoms with van der Waals surface area (Å²) in [6.45, 7) is 0. The highest BCUT2D eigenvalue weighted by molar-refractivity contribution is 8.03. The SMILES string of the molecule is CN(C)c1ccc2c(c1)SC1=C(C=CC(=[N+])C1)N2.[Cl-]. The van der Waals surface area contributed by atoms with E-state index >= 15 is 0 Å². The third kappa shape index (κ3) is 2.65. The molecule has 0 saturated heterocycles. The van der Waals surface area contributed by atoms with Crippen LogP contribution in [0, 0.1) is 0 Å². The molecule has 2 radical (unpaired) electrons. The Hall–Kier alpha value is -1.39. The van der Waals surface area contributed by atoms with Gasteiger partial charge in [-0.2, -0.15) is 0 Å². The van der Waals surface area contributed by atoms with E-state index in [4.69, 9.17) is 0 Å². The fraction of sp³-hybridized carbons (Fsp3) is 0.214. The van der Waals surface area contributed by atoms with E-state index in [1.165, 1.54) is 15.5 Å². The van der Waals surface area contributed by atoms with E-state index in [0.29, 0.717) is 12.1 Å². The van der Waals surface area contributed by atoms with Crippen molar-refractivity contribution in [3.8, 4) is 0 Å². The zero-order valence-electron chi connectivity index (χ0n) is 10.8. The van der Waals surface area contributed by atoms with Gasteiger partial charge in [0.2, 0.25) is 0 Å². The van der Waals surface area contributed by atoms with Crippen molar-refractivity contribution in [2.45, 2.75) is 11.3 Å². The van der Waals surface area contributed by atoms with E-state index < -0.39 is 0 Å². The van der Waals surface area contributed by atoms with Crippen LogP contribution in [-0.4, -0.2) is 19.8 Å². The standard InChI is InChI=1S/C14H14N3S.ClH/c1-17(2)10-4-6-12-14(8-10)18-13-7-9(15)3-5-11(13)16-12;/h3-6,8,16H,7H2,1-2H3;1H/q+1;/p-1. The van der Waals surface area contributed by atoms with Crippen molar-refractivity contribution in [3.63, 3.8) is 0 Å². The van der Waals surface area contributed by atoms with Gasteiger partial charge in [0.05, 0.1) is 12.1 Å². The Morgan fingerprint density at radius 3 is 2.79 bits per heavy atom. The molecule has 1 aromatic rings. The van der Waals surface area contributed by atoms with E-state index in [9.17, 15) is 5.41 Å². The second-order valence-electron chi connectivity index (χ2n) is 4.64. The van der Waals surface area contributed by atoms with E-state index in [1.54, 1.807) is 17.8 Å². The van der Waals surface area contributed by atoms with Gasteiger partial charge in [0, 0.05) is 41.4 Å². The predicted molar refractivity (Wildman–Crippen MR) is 78.2 cm³/mol. The quantitative estimate of drug-likeness (QED) is 0.771. The van der Waals surface area contributed by atoms with Gasteiger partial charge in [-0.1, -0.05) is 11.8 Å². The molecule has 0 atom stereocenters. The minimum Gasteiger partial charge on any atom is -1.00 e. The van der Waals surface area contributed by atoms with Crippen molar-refractivity contribution in [1.82, 2.24) is 5.41 Å². The molecule has 1 N–H and O–H groups in total. The number of nitrogens with zero attached hydrogens (tertiary/aromatic N) is 2. The lowest BCUT2D eigenvalue weighted by Gasteiger charge is -2.24. The lowest BCUT2D eigenvalue weighted by Crippen LogP contribution is -3.00. The summed E-state index contributed by atoms with van der Waals surface area (Å²) in [5, 5.41) is 13.0. The molecule has 1 aliphatic carbocycles. The van der Waals surface area contributed by atoms with Crippen molar-refractivity contribution < 1.29 is 12.4 Å². The summed E-state index contributed by atoms with van der Waals surface area (Å²) in [5.41, 5.74) is 3.85. The lowest BCUT2D eigenvalue weighted by molar-refractivity contribution is -0.00000372. The first-order chi connectivity index (χ1) is 8.63. The normalized spacial score (nSPS) is 16.2. The van der Waals surface area contributed by atoms with Crippen LogP contribution >= 0.6 is 11.8 Å². The number of allylic oxidation sites excluding steroid dienone is 3. The maximum absolute atomic E-state index is 9.59. The summed E-state index contributed by atoms with van der Waals surface area (Å²) in [6, 6.07) is 6.38. The second kappa shape index (κ2) is 5.31. The van der Waals surface area contributed by atoms with Gasteiger partial charge in [0.1, 0.15) is 0 Å². The van der Waals surface area contributed by atoms with Gasteiger partial charge in [-0.25, -0.2) is 0 Å². The van der Waals surface area contributed by atoms with E-state index in [2.05, 4.69) is 28.4 Å². The molecule has 0 saturated carbocycles. The molecule has 19 heavy (non-hydrogen) atoms. The number of anilines is 2. The molecule has 98 valence electrons. The Morgan fingerprint density at radius 1 is 1.26 bits per heavy atom. The van der Waals surface area contributed by atoms with Crippen LogP contribution in [0.25, 0.3) is 0 Å². The van der Waals surface area contributed by atoms with Crippen LogP contribution in [0.2, 0.25) is 0 Å². The predicted octanol–water partition coefficient (Wildman–Crippen LogP) is -0.313. The monoisotopic (exact) mass is 291 g/mol. The Bertz CT molecular complexity index is 590. The van der Waals surface area contributed by atoms with E-state index in [1.807, 2.05) is 20.2 Å². The molecule has 3 rings (SSSR count). The van der Waals surface area contributed by atoms with Crippen molar-refractivity contribution in [3.05, 3.63) is 41.0 Å². The maximum Gasteiger partial charge on any atom is 0.423 e. The largest absolute Gasteiger partial charge is 1.00 e. The summed E-state index contributed by atoms with van der Waals surface area (Å²) >= 11 is 1.73. The Balaban J connectivity index is 0.00000133. The first-order valence-electron chi connectivity index (χ1n) is 5.86. The van der Waals surface area contributed by atoms with Crippen LogP contribution in [0.3, 0.4) is 0 Å². The molecule has 1 heterocycles. The van der Waals surface area contributed by atoms with Gasteiger partial charge in [0.25, 0.3) is 0 Å². The number of fused-ring (bicyclic) bond motifs is 1. The molecule has 1 aromatic carbocycles. The van der Waals surface area contributed by atoms with Gasteiger partial charge >= 0.3 is 11.1 Å². The summed E-state index contributed by atoms with van der Waals surface area (Å²) in [6.07, 6.45) is 4.31. The highest BCUT2D eigenvalue weighted by Crippen LogP contribution is 2.43. The molecular formula is C14H14ClN3S. The third-order valence-electron chi connectivity index (χ3n) is 3.07. The van der Waals surface area contributed by atoms with Gasteiger partial charge < -0.3 is 22.6 Å². The number of hydrogen-bond donors (Lipinski definition) is 1. The number of benzene rings is 1. The van der Waals surface area contributed by atoms with Gasteiger partial charge in [-0.05, 0) is 24.3 Å². The second-order valence-corrected chi connectivity index (χ2v) is 5.78. The molecule has 0 bridgehead atoms. The molecule has 0 fully saturated rings. The Labute approximate surface area is 123 Å². The van der Waals surface area contributed by atoms with Crippen LogP contribution in [0.1, 0.15) is 6.42 Å². The van der Waals surface area contributed by atoms with Crippen molar-refractivity contribution in [1.29, 1.82) is 0 Å². The van der Waals surface area contributed by atoms with Crippen LogP contribution in [-0.2, 0) is 0 Å². The number of thioether (sulfide) groups is 1. The Morgan fingerprint density at radius 2 is 2.05 bits per heavy atom. The molecule has 2 aliphatic rings. The van der Waals surface area contributed by atoms with Gasteiger partial charge in [-0.15, -0.1) is 0 Å². The zero-order valence-corrected chi connectivity index (χ0v) is 12.3. The van der Waals surface area contributed by atoms with Crippen LogP contribution < -0.4 is 28.0 Å². The summed E-state index contributed by atoms with van der Waals surface area (Å²) < 4.78 is 0. The first-order valence-corrected chi connectivity index (χ1v) is 6.67. The minimum atomic E-state index is 0. The molecule has 0 spiro atoms. The van der Waals surface area contributed by atoms with Crippen LogP contribution in [0.15, 0.2) is 45.8 Å². The van der Waals surface area contributed by atoms with Crippen LogP contribution in [0.5, 0.6) is 0 Å². The van der Waals surface area contributed by atoms with Crippen molar-refractivity contribution in [2.75, 3.05) is 24.3 Å². The zero-order chi connectivity index (χ0) is 12.7. The lowest BCUT2D eigenvalue weighted by atomic mass is 10.1. The highest BCUT2D eigenvalue weighted by Gasteiger charge is 2.25. The molecular weight excluding hydrogens is 278 g/mol. The summed E-state index contributed by atoms with van der Waals surface area (Å²) in [7, 11) is 4.08. The van der Waals surface area contributed by atoms with Gasteiger partial charge in [0.15, 0.2) is 0 Å². The van der Waals surface area contributed by atoms with E-state index in [-0.39, 0.29) is 12.4 Å². The maximum atomic E-state index is 9.59. The fourth-order valence-corrected chi connectivity index (χ4v) is 3.17. The fourth-order valence-electron chi connectivity index (χ4n) is 2.05. The molecule has 1 aliphatic heterocycles. The highest BCUT2D eigenvalue weighted by atomic mass is 35.5.